The number of esters is 1. The van der Waals surface area contributed by atoms with Crippen molar-refractivity contribution in [2.75, 3.05) is 0 Å². The zero-order valence-electron chi connectivity index (χ0n) is 9.27. The van der Waals surface area contributed by atoms with Crippen LogP contribution in [0, 0.1) is 0 Å². The second-order valence-corrected chi connectivity index (χ2v) is 4.88. The SMILES string of the molecule is O=C(OCc1ccc(Br)cc1)c1cnccc1Cl. The standard InChI is InChI=1S/C13H9BrClNO2/c14-10-3-1-9(2-4-10)8-18-13(17)11-7-16-6-5-12(11)15/h1-7H,8H2. The molecule has 0 aliphatic heterocycles. The van der Waals surface area contributed by atoms with Crippen molar-refractivity contribution in [2.24, 2.45) is 0 Å². The van der Waals surface area contributed by atoms with Crippen LogP contribution in [-0.4, -0.2) is 11.0 Å². The lowest BCUT2D eigenvalue weighted by atomic mass is 10.2. The molecule has 0 fully saturated rings. The molecular weight excluding hydrogens is 318 g/mol. The molecule has 1 heterocycles. The lowest BCUT2D eigenvalue weighted by Crippen LogP contribution is -2.06. The Balaban J connectivity index is 2.01. The molecule has 0 aliphatic carbocycles. The van der Waals surface area contributed by atoms with Gasteiger partial charge in [0, 0.05) is 16.9 Å². The molecule has 0 atom stereocenters. The summed E-state index contributed by atoms with van der Waals surface area (Å²) in [6.45, 7) is 0.206. The van der Waals surface area contributed by atoms with Crippen LogP contribution in [0.3, 0.4) is 0 Å². The number of rotatable bonds is 3. The molecule has 1 aromatic heterocycles. The molecule has 0 spiro atoms. The summed E-state index contributed by atoms with van der Waals surface area (Å²) in [5.74, 6) is -0.476. The van der Waals surface area contributed by atoms with Gasteiger partial charge in [-0.3, -0.25) is 4.98 Å². The van der Waals surface area contributed by atoms with Gasteiger partial charge in [-0.1, -0.05) is 39.7 Å². The van der Waals surface area contributed by atoms with E-state index in [-0.39, 0.29) is 12.2 Å². The molecule has 1 aromatic carbocycles. The molecule has 0 amide bonds. The Morgan fingerprint density at radius 2 is 2.00 bits per heavy atom. The summed E-state index contributed by atoms with van der Waals surface area (Å²) in [6.07, 6.45) is 2.92. The van der Waals surface area contributed by atoms with Crippen LogP contribution in [-0.2, 0) is 11.3 Å². The number of halogens is 2. The van der Waals surface area contributed by atoms with Gasteiger partial charge in [0.2, 0.25) is 0 Å². The highest BCUT2D eigenvalue weighted by Gasteiger charge is 2.11. The van der Waals surface area contributed by atoms with E-state index in [9.17, 15) is 4.79 Å². The van der Waals surface area contributed by atoms with Crippen molar-refractivity contribution in [1.82, 2.24) is 4.98 Å². The molecule has 5 heteroatoms. The van der Waals surface area contributed by atoms with E-state index >= 15 is 0 Å². The van der Waals surface area contributed by atoms with Crippen molar-refractivity contribution >= 4 is 33.5 Å². The number of nitrogens with zero attached hydrogens (tertiary/aromatic N) is 1. The molecule has 0 N–H and O–H groups in total. The molecule has 18 heavy (non-hydrogen) atoms. The van der Waals surface area contributed by atoms with Crippen molar-refractivity contribution in [2.45, 2.75) is 6.61 Å². The molecule has 0 saturated carbocycles. The van der Waals surface area contributed by atoms with Crippen LogP contribution in [0.5, 0.6) is 0 Å². The van der Waals surface area contributed by atoms with Gasteiger partial charge in [0.15, 0.2) is 0 Å². The third-order valence-corrected chi connectivity index (χ3v) is 3.13. The summed E-state index contributed by atoms with van der Waals surface area (Å²) in [7, 11) is 0. The van der Waals surface area contributed by atoms with Crippen molar-refractivity contribution in [1.29, 1.82) is 0 Å². The number of carbonyl (C=O) groups is 1. The number of carbonyl (C=O) groups excluding carboxylic acids is 1. The first kappa shape index (κ1) is 13.1. The minimum absolute atomic E-state index is 0.206. The summed E-state index contributed by atoms with van der Waals surface area (Å²) < 4.78 is 6.14. The predicted molar refractivity (Wildman–Crippen MR) is 72.5 cm³/mol. The average Bonchev–Trinajstić information content (AvgIpc) is 2.38. The Kier molecular flexibility index (Phi) is 4.33. The summed E-state index contributed by atoms with van der Waals surface area (Å²) >= 11 is 9.21. The van der Waals surface area contributed by atoms with Crippen LogP contribution in [0.2, 0.25) is 5.02 Å². The summed E-state index contributed by atoms with van der Waals surface area (Å²) in [5.41, 5.74) is 1.18. The minimum atomic E-state index is -0.476. The quantitative estimate of drug-likeness (QED) is 0.804. The lowest BCUT2D eigenvalue weighted by Gasteiger charge is -2.05. The van der Waals surface area contributed by atoms with Gasteiger partial charge in [-0.05, 0) is 23.8 Å². The van der Waals surface area contributed by atoms with Crippen LogP contribution < -0.4 is 0 Å². The fourth-order valence-electron chi connectivity index (χ4n) is 1.33. The van der Waals surface area contributed by atoms with Gasteiger partial charge in [0.1, 0.15) is 6.61 Å². The van der Waals surface area contributed by atoms with E-state index in [0.29, 0.717) is 5.02 Å². The van der Waals surface area contributed by atoms with Gasteiger partial charge in [-0.25, -0.2) is 4.79 Å². The van der Waals surface area contributed by atoms with Crippen LogP contribution in [0.4, 0.5) is 0 Å². The van der Waals surface area contributed by atoms with Gasteiger partial charge in [0.25, 0.3) is 0 Å². The normalized spacial score (nSPS) is 10.1. The van der Waals surface area contributed by atoms with E-state index in [1.165, 1.54) is 12.4 Å². The number of benzene rings is 1. The Hall–Kier alpha value is -1.39. The molecule has 0 aliphatic rings. The van der Waals surface area contributed by atoms with Crippen molar-refractivity contribution < 1.29 is 9.53 Å². The maximum atomic E-state index is 11.7. The molecule has 92 valence electrons. The number of ether oxygens (including phenoxy) is 1. The van der Waals surface area contributed by atoms with E-state index in [1.54, 1.807) is 6.07 Å². The predicted octanol–water partition coefficient (Wildman–Crippen LogP) is 3.85. The van der Waals surface area contributed by atoms with Gasteiger partial charge in [0.05, 0.1) is 10.6 Å². The molecule has 2 rings (SSSR count). The molecule has 0 radical (unpaired) electrons. The highest BCUT2D eigenvalue weighted by atomic mass is 79.9. The lowest BCUT2D eigenvalue weighted by molar-refractivity contribution is 0.0472. The minimum Gasteiger partial charge on any atom is -0.457 e. The smallest absolute Gasteiger partial charge is 0.341 e. The van der Waals surface area contributed by atoms with Crippen molar-refractivity contribution in [3.05, 3.63) is 63.3 Å². The van der Waals surface area contributed by atoms with Gasteiger partial charge in [-0.15, -0.1) is 0 Å². The third kappa shape index (κ3) is 3.31. The van der Waals surface area contributed by atoms with Crippen LogP contribution in [0.25, 0.3) is 0 Å². The molecular formula is C13H9BrClNO2. The Morgan fingerprint density at radius 3 is 2.67 bits per heavy atom. The molecule has 3 nitrogen and oxygen atoms in total. The summed E-state index contributed by atoms with van der Waals surface area (Å²) in [4.78, 5) is 15.6. The van der Waals surface area contributed by atoms with Crippen molar-refractivity contribution in [3.63, 3.8) is 0 Å². The first-order valence-electron chi connectivity index (χ1n) is 5.18. The van der Waals surface area contributed by atoms with Crippen LogP contribution in [0.1, 0.15) is 15.9 Å². The fraction of sp³-hybridized carbons (Fsp3) is 0.0769. The van der Waals surface area contributed by atoms with E-state index in [0.717, 1.165) is 10.0 Å². The number of pyridine rings is 1. The second-order valence-electron chi connectivity index (χ2n) is 3.56. The maximum absolute atomic E-state index is 11.7. The molecule has 0 bridgehead atoms. The van der Waals surface area contributed by atoms with Crippen LogP contribution >= 0.6 is 27.5 Å². The zero-order valence-corrected chi connectivity index (χ0v) is 11.6. The second kappa shape index (κ2) is 5.98. The Morgan fingerprint density at radius 1 is 1.28 bits per heavy atom. The summed E-state index contributed by atoms with van der Waals surface area (Å²) in [6, 6.07) is 9.09. The topological polar surface area (TPSA) is 39.2 Å². The monoisotopic (exact) mass is 325 g/mol. The van der Waals surface area contributed by atoms with Gasteiger partial charge >= 0.3 is 5.97 Å². The highest BCUT2D eigenvalue weighted by molar-refractivity contribution is 9.10. The van der Waals surface area contributed by atoms with Crippen LogP contribution in [0.15, 0.2) is 47.2 Å². The molecule has 0 saturated heterocycles. The first-order chi connectivity index (χ1) is 8.66. The van der Waals surface area contributed by atoms with Crippen molar-refractivity contribution in [3.8, 4) is 0 Å². The largest absolute Gasteiger partial charge is 0.457 e. The van der Waals surface area contributed by atoms with Gasteiger partial charge < -0.3 is 4.74 Å². The summed E-state index contributed by atoms with van der Waals surface area (Å²) in [5, 5.41) is 0.339. The zero-order chi connectivity index (χ0) is 13.0. The van der Waals surface area contributed by atoms with E-state index in [2.05, 4.69) is 20.9 Å². The van der Waals surface area contributed by atoms with E-state index in [1.807, 2.05) is 24.3 Å². The third-order valence-electron chi connectivity index (χ3n) is 2.27. The number of hydrogen-bond donors (Lipinski definition) is 0. The molecule has 0 unspecified atom stereocenters. The van der Waals surface area contributed by atoms with Gasteiger partial charge in [-0.2, -0.15) is 0 Å². The first-order valence-corrected chi connectivity index (χ1v) is 6.35. The maximum Gasteiger partial charge on any atom is 0.341 e. The van der Waals surface area contributed by atoms with E-state index < -0.39 is 5.97 Å². The Labute approximate surface area is 118 Å². The number of aromatic nitrogens is 1. The van der Waals surface area contributed by atoms with E-state index in [4.69, 9.17) is 16.3 Å². The highest BCUT2D eigenvalue weighted by Crippen LogP contribution is 2.16. The number of hydrogen-bond acceptors (Lipinski definition) is 3. The Bertz CT molecular complexity index is 557. The average molecular weight is 327 g/mol. The fourth-order valence-corrected chi connectivity index (χ4v) is 1.78. The molecule has 2 aromatic rings.